The highest BCUT2D eigenvalue weighted by molar-refractivity contribution is 5.66. The van der Waals surface area contributed by atoms with Crippen LogP contribution in [-0.4, -0.2) is 483 Å². The van der Waals surface area contributed by atoms with E-state index in [4.69, 9.17) is 199 Å². The smallest absolute Gasteiger partial charge is 0.438 e. The second-order valence-corrected chi connectivity index (χ2v) is 27.3. The van der Waals surface area contributed by atoms with E-state index in [1.54, 1.807) is 0 Å². The van der Waals surface area contributed by atoms with E-state index in [-0.39, 0.29) is 0 Å². The first kappa shape index (κ1) is 107. The number of hydrogen-bond donors (Lipinski definition) is 7. The monoisotopic (exact) mass is 1950 g/mol. The van der Waals surface area contributed by atoms with Crippen LogP contribution in [0.25, 0.3) is 0 Å². The number of carbonyl (C=O) groups excluding carboxylic acids is 14. The molecule has 35 unspecified atom stereocenters. The Hall–Kier alpha value is -11.1. The van der Waals surface area contributed by atoms with Gasteiger partial charge in [0.2, 0.25) is 0 Å². The topological polar surface area (TPSA) is 768 Å². The molecule has 0 spiro atoms. The molecule has 0 aromatic heterocycles. The molecule has 14 bridgehead atoms. The van der Waals surface area contributed by atoms with Crippen LogP contribution in [0, 0.1) is 0 Å². The molecule has 21 saturated heterocycles. The van der Waals surface area contributed by atoms with Crippen molar-refractivity contribution in [2.24, 2.45) is 0 Å². The Morgan fingerprint density at radius 1 is 0.150 bits per heavy atom. The van der Waals surface area contributed by atoms with Gasteiger partial charge in [-0.15, -0.1) is 0 Å². The molecule has 21 heterocycles. The first-order valence-electron chi connectivity index (χ1n) is 38.6. The lowest BCUT2D eigenvalue weighted by Gasteiger charge is -2.51. The number of ether oxygens (including phenoxy) is 42. The van der Waals surface area contributed by atoms with Gasteiger partial charge in [-0.2, -0.15) is 0 Å². The summed E-state index contributed by atoms with van der Waals surface area (Å²) in [6.45, 7) is -10.3. The summed E-state index contributed by atoms with van der Waals surface area (Å²) in [4.78, 5) is 193. The zero-order valence-electron chi connectivity index (χ0n) is 72.1. The lowest BCUT2D eigenvalue weighted by Crippen LogP contribution is -2.70. The highest BCUT2D eigenvalue weighted by Gasteiger charge is 2.67. The summed E-state index contributed by atoms with van der Waals surface area (Å²) in [7, 11) is 9.96. The lowest BCUT2D eigenvalue weighted by atomic mass is 9.94. The fourth-order valence-corrected chi connectivity index (χ4v) is 14.2. The Bertz CT molecular complexity index is 3170. The van der Waals surface area contributed by atoms with Crippen molar-refractivity contribution in [3.8, 4) is 0 Å². The van der Waals surface area contributed by atoms with Crippen LogP contribution in [0.4, 0.5) is 67.1 Å². The summed E-state index contributed by atoms with van der Waals surface area (Å²) in [5, 5.41) is 80.8. The zero-order chi connectivity index (χ0) is 97.9. The van der Waals surface area contributed by atoms with Gasteiger partial charge in [-0.25, -0.2) is 67.1 Å². The van der Waals surface area contributed by atoms with Crippen LogP contribution in [0.3, 0.4) is 0 Å². The molecule has 7 N–H and O–H groups in total. The molecule has 21 rings (SSSR count). The predicted molar refractivity (Wildman–Crippen MR) is 386 cm³/mol. The molecule has 0 radical (unpaired) electrons. The van der Waals surface area contributed by atoms with Crippen molar-refractivity contribution in [2.75, 3.05) is 146 Å². The number of carbonyl (C=O) groups is 14. The quantitative estimate of drug-likeness (QED) is 0.0424. The van der Waals surface area contributed by atoms with Gasteiger partial charge in [-0.05, 0) is 0 Å². The number of hydrogen-bond acceptors (Lipinski definition) is 63. The maximum atomic E-state index is 13.8. The third-order valence-corrected chi connectivity index (χ3v) is 20.0. The standard InChI is InChI=1S/C70H98O63/c1-92-57(78)120-36-29-22(15-71)106-50(43(36)127-64(85)99-8)114-30-23(16-72)108-52(45(129-66(87)101-10)37(30)121-58(79)93-2)116-32-25(18-74)110-54(47(131-68(89)103-12)39(32)123-60(81)95-4)118-34-27(20-76)112-56(49(133-70(91)105-14)41(34)125-62(83)97-6)119-35-28(21-77)111-55(48(132-69(90)104-13)42(35)126-63(84)98-7)117-33-26(19-75)109-53(46(130-67(88)102-11)40(33)124-61(82)96-5)115-31-24(17-73)107-51(113-29)44(128-65(86)100-9)38(31)122-59(80)94-3/h22-56,71-77H,15-21H2,1-14H3. The van der Waals surface area contributed by atoms with Gasteiger partial charge < -0.3 is 235 Å². The van der Waals surface area contributed by atoms with E-state index in [1.807, 2.05) is 0 Å². The maximum Gasteiger partial charge on any atom is 0.508 e. The highest BCUT2D eigenvalue weighted by atomic mass is 16.9. The number of methoxy groups -OCH3 is 14. The van der Waals surface area contributed by atoms with Gasteiger partial charge >= 0.3 is 86.2 Å². The molecule has 63 nitrogen and oxygen atoms in total. The van der Waals surface area contributed by atoms with E-state index in [0.717, 1.165) is 0 Å². The molecule has 63 heteroatoms. The molecule has 0 amide bonds. The number of aliphatic hydroxyl groups excluding tert-OH is 7. The Morgan fingerprint density at radius 3 is 0.308 bits per heavy atom. The SMILES string of the molecule is COC(=O)OC1C2OC(CO)C(OC3OC(CO)C(OC4OC(CO)C(OC5OC(CO)C(OC6OC(CO)C(OC7OC(CO)C(OC8OC(CO)C(O2)C(OC(=O)OC)C8OC(=O)OC)C(OC(=O)OC)C7OC(=O)OC)C(OC(=O)OC)C6OC(=O)OC)C(OC(=O)OC)C5OC(=O)OC)C(OC(=O)OC)C4OC(=O)OC)C(OC(=O)OC)C3OC(=O)OC)C1OC(=O)OC. The van der Waals surface area contributed by atoms with Crippen molar-refractivity contribution >= 4 is 86.2 Å². The predicted octanol–water partition coefficient (Wildman–Crippen LogP) is -4.16. The van der Waals surface area contributed by atoms with E-state index >= 15 is 0 Å². The van der Waals surface area contributed by atoms with Crippen molar-refractivity contribution in [2.45, 2.75) is 215 Å². The largest absolute Gasteiger partial charge is 0.508 e. The lowest BCUT2D eigenvalue weighted by molar-refractivity contribution is -0.396. The molecule has 0 aromatic carbocycles. The second kappa shape index (κ2) is 50.9. The number of aliphatic hydroxyl groups is 7. The van der Waals surface area contributed by atoms with Crippen LogP contribution in [0.15, 0.2) is 0 Å². The third-order valence-electron chi connectivity index (χ3n) is 20.0. The maximum absolute atomic E-state index is 13.8. The summed E-state index contributed by atoms with van der Waals surface area (Å²) < 4.78 is 235. The first-order valence-corrected chi connectivity index (χ1v) is 38.6. The molecule has 21 fully saturated rings. The van der Waals surface area contributed by atoms with Gasteiger partial charge in [-0.1, -0.05) is 0 Å². The second-order valence-electron chi connectivity index (χ2n) is 27.3. The molecule has 0 aromatic rings. The van der Waals surface area contributed by atoms with Crippen LogP contribution in [-0.2, 0) is 199 Å². The molecule has 0 saturated carbocycles. The molecule has 21 aliphatic heterocycles. The Morgan fingerprint density at radius 2 is 0.233 bits per heavy atom. The summed E-state index contributed by atoms with van der Waals surface area (Å²) in [6.07, 6.45) is -113. The van der Waals surface area contributed by atoms with E-state index in [2.05, 4.69) is 0 Å². The molecular formula is C70H98O63. The van der Waals surface area contributed by atoms with Crippen LogP contribution < -0.4 is 0 Å². The van der Waals surface area contributed by atoms with E-state index < -0.39 is 347 Å². The van der Waals surface area contributed by atoms with E-state index in [1.165, 1.54) is 0 Å². The fourth-order valence-electron chi connectivity index (χ4n) is 14.2. The van der Waals surface area contributed by atoms with Crippen molar-refractivity contribution in [1.82, 2.24) is 0 Å². The summed E-state index contributed by atoms with van der Waals surface area (Å²) in [6, 6.07) is 0. The van der Waals surface area contributed by atoms with Crippen LogP contribution >= 0.6 is 0 Å². The Kier molecular flexibility index (Phi) is 41.0. The normalized spacial score (nSPS) is 35.8. The summed E-state index contributed by atoms with van der Waals surface area (Å²) in [5.74, 6) is 0. The Balaban J connectivity index is 1.46. The van der Waals surface area contributed by atoms with Gasteiger partial charge in [0.15, 0.2) is 129 Å². The molecule has 133 heavy (non-hydrogen) atoms. The molecule has 21 aliphatic rings. The minimum atomic E-state index is -2.63. The van der Waals surface area contributed by atoms with Crippen LogP contribution in [0.2, 0.25) is 0 Å². The average molecular weight is 1950 g/mol. The number of rotatable bonds is 21. The Labute approximate surface area is 746 Å². The van der Waals surface area contributed by atoms with Crippen molar-refractivity contribution in [1.29, 1.82) is 0 Å². The minimum Gasteiger partial charge on any atom is -0.438 e. The first-order chi connectivity index (χ1) is 63.7. The third kappa shape index (κ3) is 26.3. The highest BCUT2D eigenvalue weighted by Crippen LogP contribution is 2.45. The van der Waals surface area contributed by atoms with Gasteiger partial charge in [0.25, 0.3) is 0 Å². The van der Waals surface area contributed by atoms with Crippen LogP contribution in [0.5, 0.6) is 0 Å². The minimum absolute atomic E-state index is 0.711. The van der Waals surface area contributed by atoms with Crippen molar-refractivity contribution in [3.63, 3.8) is 0 Å². The van der Waals surface area contributed by atoms with Crippen molar-refractivity contribution in [3.05, 3.63) is 0 Å². The van der Waals surface area contributed by atoms with E-state index in [0.29, 0.717) is 99.5 Å². The van der Waals surface area contributed by atoms with E-state index in [9.17, 15) is 103 Å². The molecule has 0 aliphatic carbocycles. The molecule has 756 valence electrons. The van der Waals surface area contributed by atoms with Gasteiger partial charge in [0.05, 0.1) is 146 Å². The summed E-state index contributed by atoms with van der Waals surface area (Å²) in [5.41, 5.74) is 0. The van der Waals surface area contributed by atoms with Crippen LogP contribution in [0.1, 0.15) is 0 Å². The average Bonchev–Trinajstić information content (AvgIpc) is 0.780. The van der Waals surface area contributed by atoms with Gasteiger partial charge in [-0.3, -0.25) is 0 Å². The van der Waals surface area contributed by atoms with Gasteiger partial charge in [0.1, 0.15) is 85.5 Å². The fraction of sp³-hybridized carbons (Fsp3) is 0.800. The molecule has 35 atom stereocenters. The zero-order valence-corrected chi connectivity index (χ0v) is 72.1. The molecular weight excluding hydrogens is 1850 g/mol. The van der Waals surface area contributed by atoms with Gasteiger partial charge in [0, 0.05) is 0 Å². The summed E-state index contributed by atoms with van der Waals surface area (Å²) >= 11 is 0. The van der Waals surface area contributed by atoms with Crippen molar-refractivity contribution < 1.29 is 302 Å².